The number of hydrogen-bond acceptors (Lipinski definition) is 0. The lowest BCUT2D eigenvalue weighted by Crippen LogP contribution is -2.00. The van der Waals surface area contributed by atoms with Crippen LogP contribution in [0.15, 0.2) is 36.9 Å². The number of para-hydroxylation sites is 1. The molecule has 0 unspecified atom stereocenters. The first kappa shape index (κ1) is 14.6. The SMILES string of the molecule is C=Cc1c(/C=C\C)c2ccccc2n1CCCCCC. The molecule has 20 heavy (non-hydrogen) atoms. The van der Waals surface area contributed by atoms with E-state index >= 15 is 0 Å². The van der Waals surface area contributed by atoms with E-state index < -0.39 is 0 Å². The molecule has 0 amide bonds. The zero-order valence-corrected chi connectivity index (χ0v) is 12.7. The van der Waals surface area contributed by atoms with Gasteiger partial charge in [-0.2, -0.15) is 0 Å². The van der Waals surface area contributed by atoms with Crippen LogP contribution in [0.3, 0.4) is 0 Å². The van der Waals surface area contributed by atoms with Gasteiger partial charge in [0.15, 0.2) is 0 Å². The molecule has 1 nitrogen and oxygen atoms in total. The number of unbranched alkanes of at least 4 members (excludes halogenated alkanes) is 3. The third kappa shape index (κ3) is 2.87. The minimum absolute atomic E-state index is 1.08. The molecule has 106 valence electrons. The molecule has 0 bridgehead atoms. The molecular formula is C19H25N. The van der Waals surface area contributed by atoms with Crippen molar-refractivity contribution in [2.24, 2.45) is 0 Å². The second-order valence-corrected chi connectivity index (χ2v) is 5.23. The summed E-state index contributed by atoms with van der Waals surface area (Å²) in [6.07, 6.45) is 11.4. The van der Waals surface area contributed by atoms with Crippen molar-refractivity contribution in [3.63, 3.8) is 0 Å². The first-order valence-corrected chi connectivity index (χ1v) is 7.69. The van der Waals surface area contributed by atoms with Gasteiger partial charge in [0.25, 0.3) is 0 Å². The van der Waals surface area contributed by atoms with Gasteiger partial charge in [0.2, 0.25) is 0 Å². The predicted molar refractivity (Wildman–Crippen MR) is 90.9 cm³/mol. The lowest BCUT2D eigenvalue weighted by molar-refractivity contribution is 0.591. The van der Waals surface area contributed by atoms with Gasteiger partial charge in [0.05, 0.1) is 0 Å². The average Bonchev–Trinajstić information content (AvgIpc) is 2.78. The third-order valence-electron chi connectivity index (χ3n) is 3.81. The summed E-state index contributed by atoms with van der Waals surface area (Å²) in [6.45, 7) is 9.43. The van der Waals surface area contributed by atoms with Crippen LogP contribution in [0, 0.1) is 0 Å². The van der Waals surface area contributed by atoms with E-state index in [1.54, 1.807) is 0 Å². The van der Waals surface area contributed by atoms with Gasteiger partial charge in [-0.05, 0) is 25.5 Å². The highest BCUT2D eigenvalue weighted by Crippen LogP contribution is 2.28. The van der Waals surface area contributed by atoms with Gasteiger partial charge in [-0.15, -0.1) is 0 Å². The summed E-state index contributed by atoms with van der Waals surface area (Å²) < 4.78 is 2.42. The van der Waals surface area contributed by atoms with E-state index in [-0.39, 0.29) is 0 Å². The van der Waals surface area contributed by atoms with E-state index in [9.17, 15) is 0 Å². The molecule has 0 radical (unpaired) electrons. The van der Waals surface area contributed by atoms with Crippen molar-refractivity contribution in [1.29, 1.82) is 0 Å². The van der Waals surface area contributed by atoms with Crippen molar-refractivity contribution >= 4 is 23.1 Å². The maximum Gasteiger partial charge on any atom is 0.0491 e. The Bertz CT molecular complexity index is 601. The van der Waals surface area contributed by atoms with Crippen molar-refractivity contribution in [3.05, 3.63) is 48.2 Å². The summed E-state index contributed by atoms with van der Waals surface area (Å²) >= 11 is 0. The first-order chi connectivity index (χ1) is 9.83. The fourth-order valence-electron chi connectivity index (χ4n) is 2.85. The molecule has 1 aromatic heterocycles. The standard InChI is InChI=1S/C19H25N/c1-4-7-8-11-15-20-18(6-3)16(12-5-2)17-13-9-10-14-19(17)20/h5-6,9-10,12-14H,3-4,7-8,11,15H2,1-2H3/b12-5-. The Labute approximate surface area is 122 Å². The second kappa shape index (κ2) is 7.14. The number of aromatic nitrogens is 1. The smallest absolute Gasteiger partial charge is 0.0491 e. The fourth-order valence-corrected chi connectivity index (χ4v) is 2.85. The second-order valence-electron chi connectivity index (χ2n) is 5.23. The molecule has 2 rings (SSSR count). The van der Waals surface area contributed by atoms with E-state index in [4.69, 9.17) is 0 Å². The first-order valence-electron chi connectivity index (χ1n) is 7.69. The molecular weight excluding hydrogens is 242 g/mol. The summed E-state index contributed by atoms with van der Waals surface area (Å²) in [7, 11) is 0. The number of rotatable bonds is 7. The summed E-state index contributed by atoms with van der Waals surface area (Å²) in [6, 6.07) is 8.66. The van der Waals surface area contributed by atoms with Crippen molar-refractivity contribution in [1.82, 2.24) is 4.57 Å². The summed E-state index contributed by atoms with van der Waals surface area (Å²) in [5, 5.41) is 1.33. The number of nitrogens with zero attached hydrogens (tertiary/aromatic N) is 1. The molecule has 2 aromatic rings. The zero-order chi connectivity index (χ0) is 14.4. The van der Waals surface area contributed by atoms with E-state index in [1.165, 1.54) is 47.8 Å². The van der Waals surface area contributed by atoms with Gasteiger partial charge in [-0.1, -0.05) is 63.1 Å². The highest BCUT2D eigenvalue weighted by molar-refractivity contribution is 5.93. The van der Waals surface area contributed by atoms with Gasteiger partial charge in [0, 0.05) is 28.7 Å². The monoisotopic (exact) mass is 267 g/mol. The van der Waals surface area contributed by atoms with Crippen LogP contribution in [-0.4, -0.2) is 4.57 Å². The van der Waals surface area contributed by atoms with Crippen LogP contribution >= 0.6 is 0 Å². The van der Waals surface area contributed by atoms with Crippen LogP contribution in [0.1, 0.15) is 50.8 Å². The molecule has 0 fully saturated rings. The number of fused-ring (bicyclic) bond motifs is 1. The van der Waals surface area contributed by atoms with E-state index in [2.05, 4.69) is 61.4 Å². The van der Waals surface area contributed by atoms with Gasteiger partial charge < -0.3 is 4.57 Å². The Morgan fingerprint density at radius 3 is 2.65 bits per heavy atom. The van der Waals surface area contributed by atoms with Crippen molar-refractivity contribution in [3.8, 4) is 0 Å². The Kier molecular flexibility index (Phi) is 5.23. The fraction of sp³-hybridized carbons (Fsp3) is 0.368. The molecule has 0 atom stereocenters. The van der Waals surface area contributed by atoms with Crippen LogP contribution in [-0.2, 0) is 6.54 Å². The van der Waals surface area contributed by atoms with E-state index in [0.29, 0.717) is 0 Å². The minimum Gasteiger partial charge on any atom is -0.340 e. The molecule has 0 saturated heterocycles. The largest absolute Gasteiger partial charge is 0.340 e. The number of allylic oxidation sites excluding steroid dienone is 1. The lowest BCUT2D eigenvalue weighted by Gasteiger charge is -2.08. The molecule has 0 spiro atoms. The van der Waals surface area contributed by atoms with Crippen LogP contribution in [0.25, 0.3) is 23.1 Å². The highest BCUT2D eigenvalue weighted by atomic mass is 15.0. The van der Waals surface area contributed by atoms with Gasteiger partial charge >= 0.3 is 0 Å². The summed E-state index contributed by atoms with van der Waals surface area (Å²) in [4.78, 5) is 0. The Morgan fingerprint density at radius 1 is 1.15 bits per heavy atom. The Balaban J connectivity index is 2.43. The van der Waals surface area contributed by atoms with Gasteiger partial charge in [0.1, 0.15) is 0 Å². The molecule has 0 N–H and O–H groups in total. The molecule has 0 saturated carbocycles. The van der Waals surface area contributed by atoms with E-state index in [0.717, 1.165) is 6.54 Å². The molecule has 0 aliphatic carbocycles. The quantitative estimate of drug-likeness (QED) is 0.550. The maximum atomic E-state index is 4.02. The van der Waals surface area contributed by atoms with E-state index in [1.807, 2.05) is 6.08 Å². The number of benzene rings is 1. The predicted octanol–water partition coefficient (Wildman–Crippen LogP) is 5.90. The van der Waals surface area contributed by atoms with Gasteiger partial charge in [-0.25, -0.2) is 0 Å². The van der Waals surface area contributed by atoms with Crippen LogP contribution < -0.4 is 0 Å². The Hall–Kier alpha value is -1.76. The third-order valence-corrected chi connectivity index (χ3v) is 3.81. The van der Waals surface area contributed by atoms with Crippen molar-refractivity contribution in [2.75, 3.05) is 0 Å². The Morgan fingerprint density at radius 2 is 1.95 bits per heavy atom. The molecule has 1 heteroatoms. The summed E-state index contributed by atoms with van der Waals surface area (Å²) in [5.74, 6) is 0. The van der Waals surface area contributed by atoms with Crippen molar-refractivity contribution in [2.45, 2.75) is 46.1 Å². The molecule has 1 aromatic carbocycles. The van der Waals surface area contributed by atoms with Crippen LogP contribution in [0.5, 0.6) is 0 Å². The maximum absolute atomic E-state index is 4.02. The topological polar surface area (TPSA) is 4.93 Å². The molecule has 0 aliphatic heterocycles. The normalized spacial score (nSPS) is 11.5. The van der Waals surface area contributed by atoms with Crippen LogP contribution in [0.4, 0.5) is 0 Å². The lowest BCUT2D eigenvalue weighted by atomic mass is 10.1. The van der Waals surface area contributed by atoms with Crippen LogP contribution in [0.2, 0.25) is 0 Å². The van der Waals surface area contributed by atoms with Gasteiger partial charge in [-0.3, -0.25) is 0 Å². The minimum atomic E-state index is 1.08. The zero-order valence-electron chi connectivity index (χ0n) is 12.7. The number of aryl methyl sites for hydroxylation is 1. The molecule has 1 heterocycles. The number of hydrogen-bond donors (Lipinski definition) is 0. The average molecular weight is 267 g/mol. The summed E-state index contributed by atoms with van der Waals surface area (Å²) in [5.41, 5.74) is 3.88. The molecule has 0 aliphatic rings. The highest BCUT2D eigenvalue weighted by Gasteiger charge is 2.12. The van der Waals surface area contributed by atoms with Crippen molar-refractivity contribution < 1.29 is 0 Å².